The van der Waals surface area contributed by atoms with Gasteiger partial charge in [0, 0.05) is 31.5 Å². The molecule has 0 radical (unpaired) electrons. The van der Waals surface area contributed by atoms with Gasteiger partial charge in [0.1, 0.15) is 17.2 Å². The first-order chi connectivity index (χ1) is 16.8. The third-order valence-corrected chi connectivity index (χ3v) is 7.67. The Morgan fingerprint density at radius 3 is 2.29 bits per heavy atom. The molecule has 5 rings (SSSR count). The van der Waals surface area contributed by atoms with Crippen molar-refractivity contribution in [3.05, 3.63) is 77.9 Å². The van der Waals surface area contributed by atoms with Crippen LogP contribution < -0.4 is 10.2 Å². The highest BCUT2D eigenvalue weighted by Crippen LogP contribution is 2.31. The Morgan fingerprint density at radius 1 is 0.943 bits per heavy atom. The highest BCUT2D eigenvalue weighted by Gasteiger charge is 2.32. The standard InChI is InChI=1S/C25H23F2N5O2S/c1-35(33,34)20-12-13-32(15-20)24-23-22(11-10-21(29-23)17-4-8-19(27)9-5-17)30-25(31-24)28-14-16-2-6-18(26)7-3-16/h2-11,20H,12-15H2,1H3,(H,28,30,31). The Hall–Kier alpha value is -3.66. The van der Waals surface area contributed by atoms with Crippen LogP contribution in [0.25, 0.3) is 22.3 Å². The maximum absolute atomic E-state index is 13.4. The zero-order chi connectivity index (χ0) is 24.6. The molecule has 1 unspecified atom stereocenters. The van der Waals surface area contributed by atoms with Gasteiger partial charge in [-0.1, -0.05) is 12.1 Å². The SMILES string of the molecule is CS(=O)(=O)C1CCN(c2nc(NCc3ccc(F)cc3)nc3ccc(-c4ccc(F)cc4)nc23)C1. The Balaban J connectivity index is 1.53. The molecule has 35 heavy (non-hydrogen) atoms. The summed E-state index contributed by atoms with van der Waals surface area (Å²) in [5.41, 5.74) is 3.36. The van der Waals surface area contributed by atoms with Gasteiger partial charge in [0.25, 0.3) is 0 Å². The Morgan fingerprint density at radius 2 is 1.63 bits per heavy atom. The molecule has 0 saturated carbocycles. The smallest absolute Gasteiger partial charge is 0.225 e. The van der Waals surface area contributed by atoms with Gasteiger partial charge in [-0.15, -0.1) is 0 Å². The summed E-state index contributed by atoms with van der Waals surface area (Å²) in [6, 6.07) is 15.8. The summed E-state index contributed by atoms with van der Waals surface area (Å²) < 4.78 is 50.9. The minimum Gasteiger partial charge on any atom is -0.353 e. The summed E-state index contributed by atoms with van der Waals surface area (Å²) in [5.74, 6) is 0.248. The first-order valence-corrected chi connectivity index (χ1v) is 13.1. The van der Waals surface area contributed by atoms with E-state index in [2.05, 4.69) is 10.3 Å². The van der Waals surface area contributed by atoms with Crippen molar-refractivity contribution in [1.82, 2.24) is 15.0 Å². The fourth-order valence-corrected chi connectivity index (χ4v) is 5.12. The fraction of sp³-hybridized carbons (Fsp3) is 0.240. The average molecular weight is 496 g/mol. The number of nitrogens with one attached hydrogen (secondary N) is 1. The zero-order valence-electron chi connectivity index (χ0n) is 18.9. The van der Waals surface area contributed by atoms with E-state index in [9.17, 15) is 17.2 Å². The third-order valence-electron chi connectivity index (χ3n) is 6.08. The molecule has 1 aliphatic rings. The quantitative estimate of drug-likeness (QED) is 0.429. The minimum absolute atomic E-state index is 0.310. The van der Waals surface area contributed by atoms with Gasteiger partial charge in [-0.05, 0) is 60.5 Å². The Labute approximate surface area is 201 Å². The van der Waals surface area contributed by atoms with Crippen molar-refractivity contribution in [2.45, 2.75) is 18.2 Å². The number of aromatic nitrogens is 3. The lowest BCUT2D eigenvalue weighted by Gasteiger charge is -2.20. The highest BCUT2D eigenvalue weighted by atomic mass is 32.2. The maximum Gasteiger partial charge on any atom is 0.225 e. The first-order valence-electron chi connectivity index (χ1n) is 11.1. The zero-order valence-corrected chi connectivity index (χ0v) is 19.8. The molecular weight excluding hydrogens is 472 g/mol. The van der Waals surface area contributed by atoms with E-state index in [4.69, 9.17) is 9.97 Å². The van der Waals surface area contributed by atoms with Crippen molar-refractivity contribution in [3.8, 4) is 11.3 Å². The molecule has 0 spiro atoms. The number of hydrogen-bond acceptors (Lipinski definition) is 7. The predicted molar refractivity (Wildman–Crippen MR) is 132 cm³/mol. The molecule has 1 saturated heterocycles. The van der Waals surface area contributed by atoms with Gasteiger partial charge in [-0.2, -0.15) is 4.98 Å². The number of hydrogen-bond donors (Lipinski definition) is 1. The summed E-state index contributed by atoms with van der Waals surface area (Å²) >= 11 is 0. The largest absolute Gasteiger partial charge is 0.353 e. The predicted octanol–water partition coefficient (Wildman–Crippen LogP) is 4.21. The summed E-state index contributed by atoms with van der Waals surface area (Å²) in [7, 11) is -3.20. The van der Waals surface area contributed by atoms with Gasteiger partial charge in [-0.3, -0.25) is 0 Å². The summed E-state index contributed by atoms with van der Waals surface area (Å²) in [6.07, 6.45) is 1.75. The molecule has 1 aliphatic heterocycles. The average Bonchev–Trinajstić information content (AvgIpc) is 3.34. The number of rotatable bonds is 6. The van der Waals surface area contributed by atoms with Gasteiger partial charge in [0.15, 0.2) is 15.7 Å². The number of anilines is 2. The molecule has 3 heterocycles. The lowest BCUT2D eigenvalue weighted by molar-refractivity contribution is 0.589. The third kappa shape index (κ3) is 5.07. The number of nitrogens with zero attached hydrogens (tertiary/aromatic N) is 4. The molecule has 0 aliphatic carbocycles. The van der Waals surface area contributed by atoms with Crippen LogP contribution in [-0.2, 0) is 16.4 Å². The molecule has 0 amide bonds. The van der Waals surface area contributed by atoms with Gasteiger partial charge in [-0.25, -0.2) is 27.2 Å². The van der Waals surface area contributed by atoms with Gasteiger partial charge >= 0.3 is 0 Å². The van der Waals surface area contributed by atoms with Gasteiger partial charge in [0.2, 0.25) is 5.95 Å². The number of fused-ring (bicyclic) bond motifs is 1. The van der Waals surface area contributed by atoms with Gasteiger partial charge in [0.05, 0.1) is 16.5 Å². The van der Waals surface area contributed by atoms with Crippen LogP contribution in [0.4, 0.5) is 20.5 Å². The van der Waals surface area contributed by atoms with E-state index in [1.54, 1.807) is 30.3 Å². The Bertz CT molecular complexity index is 1480. The van der Waals surface area contributed by atoms with Crippen LogP contribution in [-0.4, -0.2) is 48.0 Å². The van der Waals surface area contributed by atoms with E-state index in [0.29, 0.717) is 54.5 Å². The second-order valence-corrected chi connectivity index (χ2v) is 10.9. The maximum atomic E-state index is 13.4. The van der Waals surface area contributed by atoms with Crippen LogP contribution in [0.1, 0.15) is 12.0 Å². The van der Waals surface area contributed by atoms with Gasteiger partial charge < -0.3 is 10.2 Å². The van der Waals surface area contributed by atoms with Crippen molar-refractivity contribution in [2.75, 3.05) is 29.6 Å². The van der Waals surface area contributed by atoms with E-state index in [-0.39, 0.29) is 11.6 Å². The van der Waals surface area contributed by atoms with E-state index < -0.39 is 15.1 Å². The second-order valence-electron chi connectivity index (χ2n) is 8.61. The van der Waals surface area contributed by atoms with Crippen LogP contribution in [0.5, 0.6) is 0 Å². The van der Waals surface area contributed by atoms with Crippen LogP contribution in [0.15, 0.2) is 60.7 Å². The van der Waals surface area contributed by atoms with Crippen molar-refractivity contribution in [1.29, 1.82) is 0 Å². The molecule has 2 aromatic carbocycles. The highest BCUT2D eigenvalue weighted by molar-refractivity contribution is 7.91. The molecular formula is C25H23F2N5O2S. The normalized spacial score (nSPS) is 16.1. The number of sulfone groups is 1. The van der Waals surface area contributed by atoms with E-state index in [0.717, 1.165) is 11.1 Å². The molecule has 1 fully saturated rings. The minimum atomic E-state index is -3.20. The molecule has 10 heteroatoms. The lowest BCUT2D eigenvalue weighted by Crippen LogP contribution is -2.27. The summed E-state index contributed by atoms with van der Waals surface area (Å²) in [4.78, 5) is 16.0. The number of benzene rings is 2. The molecule has 4 aromatic rings. The fourth-order valence-electron chi connectivity index (χ4n) is 4.13. The number of halogens is 2. The topological polar surface area (TPSA) is 88.1 Å². The summed E-state index contributed by atoms with van der Waals surface area (Å²) in [6.45, 7) is 1.22. The van der Waals surface area contributed by atoms with E-state index >= 15 is 0 Å². The Kier molecular flexibility index (Phi) is 6.06. The van der Waals surface area contributed by atoms with Crippen LogP contribution in [0.3, 0.4) is 0 Å². The van der Waals surface area contributed by atoms with Crippen LogP contribution in [0, 0.1) is 11.6 Å². The number of pyridine rings is 1. The van der Waals surface area contributed by atoms with Crippen LogP contribution in [0.2, 0.25) is 0 Å². The molecule has 7 nitrogen and oxygen atoms in total. The first kappa shape index (κ1) is 23.1. The molecule has 1 N–H and O–H groups in total. The lowest BCUT2D eigenvalue weighted by atomic mass is 10.1. The summed E-state index contributed by atoms with van der Waals surface area (Å²) in [5, 5.41) is 2.69. The molecule has 0 bridgehead atoms. The molecule has 180 valence electrons. The molecule has 2 aromatic heterocycles. The van der Waals surface area contributed by atoms with Crippen molar-refractivity contribution in [3.63, 3.8) is 0 Å². The molecule has 1 atom stereocenters. The van der Waals surface area contributed by atoms with Crippen molar-refractivity contribution in [2.24, 2.45) is 0 Å². The van der Waals surface area contributed by atoms with Crippen molar-refractivity contribution >= 4 is 32.6 Å². The van der Waals surface area contributed by atoms with E-state index in [1.165, 1.54) is 30.5 Å². The van der Waals surface area contributed by atoms with Crippen molar-refractivity contribution < 1.29 is 17.2 Å². The van der Waals surface area contributed by atoms with E-state index in [1.807, 2.05) is 11.0 Å². The van der Waals surface area contributed by atoms with Crippen LogP contribution >= 0.6 is 0 Å². The second kappa shape index (κ2) is 9.18. The monoisotopic (exact) mass is 495 g/mol.